The summed E-state index contributed by atoms with van der Waals surface area (Å²) in [5.41, 5.74) is 1.79. The minimum absolute atomic E-state index is 0.131. The minimum atomic E-state index is -0.383. The van der Waals surface area contributed by atoms with E-state index in [0.29, 0.717) is 25.0 Å². The van der Waals surface area contributed by atoms with Crippen LogP contribution in [0.25, 0.3) is 0 Å². The molecule has 0 amide bonds. The SMILES string of the molecule is CCNC(=NCc1cc(C(CC)CC)no1)NC(C)c1ccc(OC)c(F)c1. The Kier molecular flexibility index (Phi) is 8.29. The van der Waals surface area contributed by atoms with Crippen LogP contribution in [-0.4, -0.2) is 24.8 Å². The van der Waals surface area contributed by atoms with Crippen molar-refractivity contribution >= 4 is 5.96 Å². The molecule has 1 aromatic heterocycles. The van der Waals surface area contributed by atoms with Crippen LogP contribution in [-0.2, 0) is 6.54 Å². The standard InChI is InChI=1S/C21H31FN4O2/c1-6-15(7-2)19-12-17(28-26-19)13-24-21(23-8-3)25-14(4)16-9-10-20(27-5)18(22)11-16/h9-12,14-15H,6-8,13H2,1-5H3,(H2,23,24,25). The van der Waals surface area contributed by atoms with E-state index in [0.717, 1.165) is 29.9 Å². The highest BCUT2D eigenvalue weighted by Crippen LogP contribution is 2.23. The average molecular weight is 391 g/mol. The third-order valence-electron chi connectivity index (χ3n) is 4.75. The Hall–Kier alpha value is -2.57. The first-order valence-corrected chi connectivity index (χ1v) is 9.86. The van der Waals surface area contributed by atoms with Crippen molar-refractivity contribution in [2.45, 2.75) is 59.0 Å². The van der Waals surface area contributed by atoms with Gasteiger partial charge in [0.2, 0.25) is 0 Å². The molecule has 0 aliphatic rings. The van der Waals surface area contributed by atoms with Gasteiger partial charge in [0, 0.05) is 18.5 Å². The molecule has 1 unspecified atom stereocenters. The number of benzene rings is 1. The van der Waals surface area contributed by atoms with Gasteiger partial charge in [-0.2, -0.15) is 0 Å². The van der Waals surface area contributed by atoms with E-state index in [1.165, 1.54) is 13.2 Å². The van der Waals surface area contributed by atoms with Gasteiger partial charge in [0.25, 0.3) is 0 Å². The summed E-state index contributed by atoms with van der Waals surface area (Å²) in [6, 6.07) is 6.78. The number of methoxy groups -OCH3 is 1. The molecule has 0 radical (unpaired) electrons. The van der Waals surface area contributed by atoms with Gasteiger partial charge in [0.05, 0.1) is 18.8 Å². The van der Waals surface area contributed by atoms with Crippen LogP contribution in [0.5, 0.6) is 5.75 Å². The second-order valence-corrected chi connectivity index (χ2v) is 6.69. The number of nitrogens with zero attached hydrogens (tertiary/aromatic N) is 2. The van der Waals surface area contributed by atoms with Crippen molar-refractivity contribution in [3.63, 3.8) is 0 Å². The van der Waals surface area contributed by atoms with Gasteiger partial charge in [-0.3, -0.25) is 0 Å². The minimum Gasteiger partial charge on any atom is -0.494 e. The van der Waals surface area contributed by atoms with Crippen LogP contribution in [0.3, 0.4) is 0 Å². The van der Waals surface area contributed by atoms with Crippen LogP contribution in [0.15, 0.2) is 33.8 Å². The number of hydrogen-bond acceptors (Lipinski definition) is 4. The third kappa shape index (κ3) is 5.71. The Morgan fingerprint density at radius 2 is 2.00 bits per heavy atom. The fraction of sp³-hybridized carbons (Fsp3) is 0.524. The molecule has 0 saturated heterocycles. The van der Waals surface area contributed by atoms with Crippen LogP contribution >= 0.6 is 0 Å². The van der Waals surface area contributed by atoms with Crippen molar-refractivity contribution in [3.8, 4) is 5.75 Å². The molecule has 28 heavy (non-hydrogen) atoms. The predicted molar refractivity (Wildman–Crippen MR) is 109 cm³/mol. The largest absolute Gasteiger partial charge is 0.494 e. The number of rotatable bonds is 9. The molecule has 0 fully saturated rings. The summed E-state index contributed by atoms with van der Waals surface area (Å²) in [6.45, 7) is 9.34. The van der Waals surface area contributed by atoms with Crippen molar-refractivity contribution in [1.29, 1.82) is 0 Å². The van der Waals surface area contributed by atoms with E-state index in [-0.39, 0.29) is 17.6 Å². The molecule has 1 heterocycles. The number of ether oxygens (including phenoxy) is 1. The maximum absolute atomic E-state index is 14.0. The highest BCUT2D eigenvalue weighted by atomic mass is 19.1. The first-order chi connectivity index (χ1) is 13.5. The maximum atomic E-state index is 14.0. The summed E-state index contributed by atoms with van der Waals surface area (Å²) >= 11 is 0. The van der Waals surface area contributed by atoms with Crippen LogP contribution in [0, 0.1) is 5.82 Å². The molecule has 0 aliphatic carbocycles. The Morgan fingerprint density at radius 3 is 2.61 bits per heavy atom. The molecular formula is C21H31FN4O2. The second-order valence-electron chi connectivity index (χ2n) is 6.69. The van der Waals surface area contributed by atoms with Gasteiger partial charge in [0.1, 0.15) is 6.54 Å². The molecule has 0 bridgehead atoms. The first-order valence-electron chi connectivity index (χ1n) is 9.86. The average Bonchev–Trinajstić information content (AvgIpc) is 3.16. The lowest BCUT2D eigenvalue weighted by atomic mass is 9.99. The van der Waals surface area contributed by atoms with Crippen LogP contribution in [0.2, 0.25) is 0 Å². The normalized spacial score (nSPS) is 12.9. The van der Waals surface area contributed by atoms with Crippen molar-refractivity contribution in [3.05, 3.63) is 47.1 Å². The van der Waals surface area contributed by atoms with Crippen molar-refractivity contribution in [2.75, 3.05) is 13.7 Å². The number of aliphatic imine (C=N–C) groups is 1. The molecule has 1 aromatic carbocycles. The lowest BCUT2D eigenvalue weighted by Gasteiger charge is -2.18. The highest BCUT2D eigenvalue weighted by molar-refractivity contribution is 5.80. The van der Waals surface area contributed by atoms with E-state index in [1.807, 2.05) is 26.0 Å². The summed E-state index contributed by atoms with van der Waals surface area (Å²) in [4.78, 5) is 4.57. The fourth-order valence-electron chi connectivity index (χ4n) is 3.02. The zero-order chi connectivity index (χ0) is 20.5. The van der Waals surface area contributed by atoms with Crippen molar-refractivity contribution in [2.24, 2.45) is 4.99 Å². The Morgan fingerprint density at radius 1 is 1.25 bits per heavy atom. The molecule has 1 atom stereocenters. The number of halogens is 1. The Bertz CT molecular complexity index is 772. The molecule has 2 N–H and O–H groups in total. The lowest BCUT2D eigenvalue weighted by molar-refractivity contribution is 0.372. The van der Waals surface area contributed by atoms with E-state index in [1.54, 1.807) is 6.07 Å². The van der Waals surface area contributed by atoms with Crippen molar-refractivity contribution < 1.29 is 13.7 Å². The highest BCUT2D eigenvalue weighted by Gasteiger charge is 2.14. The fourth-order valence-corrected chi connectivity index (χ4v) is 3.02. The van der Waals surface area contributed by atoms with Crippen LogP contribution in [0.1, 0.15) is 69.5 Å². The molecule has 2 aromatic rings. The van der Waals surface area contributed by atoms with Gasteiger partial charge in [-0.25, -0.2) is 9.38 Å². The van der Waals surface area contributed by atoms with E-state index >= 15 is 0 Å². The van der Waals surface area contributed by atoms with E-state index in [4.69, 9.17) is 9.26 Å². The van der Waals surface area contributed by atoms with E-state index in [9.17, 15) is 4.39 Å². The molecule has 6 nitrogen and oxygen atoms in total. The molecule has 0 saturated carbocycles. The van der Waals surface area contributed by atoms with Gasteiger partial charge in [0.15, 0.2) is 23.3 Å². The zero-order valence-corrected chi connectivity index (χ0v) is 17.4. The van der Waals surface area contributed by atoms with Gasteiger partial charge in [-0.15, -0.1) is 0 Å². The monoisotopic (exact) mass is 390 g/mol. The van der Waals surface area contributed by atoms with Gasteiger partial charge in [-0.1, -0.05) is 25.1 Å². The molecular weight excluding hydrogens is 359 g/mol. The van der Waals surface area contributed by atoms with Crippen LogP contribution in [0.4, 0.5) is 4.39 Å². The van der Waals surface area contributed by atoms with Crippen LogP contribution < -0.4 is 15.4 Å². The number of aromatic nitrogens is 1. The van der Waals surface area contributed by atoms with E-state index in [2.05, 4.69) is 34.6 Å². The number of nitrogens with one attached hydrogen (secondary N) is 2. The summed E-state index contributed by atoms with van der Waals surface area (Å²) in [7, 11) is 1.45. The smallest absolute Gasteiger partial charge is 0.192 e. The van der Waals surface area contributed by atoms with Gasteiger partial charge in [-0.05, 0) is 44.4 Å². The van der Waals surface area contributed by atoms with Crippen molar-refractivity contribution in [1.82, 2.24) is 15.8 Å². The molecule has 154 valence electrons. The number of hydrogen-bond donors (Lipinski definition) is 2. The third-order valence-corrected chi connectivity index (χ3v) is 4.75. The topological polar surface area (TPSA) is 71.7 Å². The van der Waals surface area contributed by atoms with Gasteiger partial charge >= 0.3 is 0 Å². The zero-order valence-electron chi connectivity index (χ0n) is 17.4. The summed E-state index contributed by atoms with van der Waals surface area (Å²) < 4.78 is 24.4. The maximum Gasteiger partial charge on any atom is 0.192 e. The molecule has 7 heteroatoms. The molecule has 2 rings (SSSR count). The summed E-state index contributed by atoms with van der Waals surface area (Å²) in [5, 5.41) is 10.7. The Balaban J connectivity index is 2.06. The predicted octanol–water partition coefficient (Wildman–Crippen LogP) is 4.54. The molecule has 0 spiro atoms. The second kappa shape index (κ2) is 10.7. The van der Waals surface area contributed by atoms with E-state index < -0.39 is 0 Å². The molecule has 0 aliphatic heterocycles. The quantitative estimate of drug-likeness (QED) is 0.486. The summed E-state index contributed by atoms with van der Waals surface area (Å²) in [6.07, 6.45) is 2.07. The lowest BCUT2D eigenvalue weighted by Crippen LogP contribution is -2.38. The number of guanidine groups is 1. The first kappa shape index (κ1) is 21.7. The summed E-state index contributed by atoms with van der Waals surface area (Å²) in [5.74, 6) is 1.62. The van der Waals surface area contributed by atoms with Gasteiger partial charge < -0.3 is 19.9 Å². The Labute approximate surface area is 166 Å².